The zero-order chi connectivity index (χ0) is 13.7. The largest absolute Gasteiger partial charge is 0.384 e. The second-order valence-corrected chi connectivity index (χ2v) is 5.45. The van der Waals surface area contributed by atoms with E-state index in [9.17, 15) is 0 Å². The molecule has 0 amide bonds. The minimum absolute atomic E-state index is 0.687. The predicted molar refractivity (Wildman–Crippen MR) is 80.8 cm³/mol. The van der Waals surface area contributed by atoms with Crippen molar-refractivity contribution >= 4 is 5.69 Å². The molecule has 1 unspecified atom stereocenters. The first-order valence-electron chi connectivity index (χ1n) is 7.28. The van der Waals surface area contributed by atoms with Gasteiger partial charge in [0.1, 0.15) is 0 Å². The molecular weight excluding hydrogens is 236 g/mol. The van der Waals surface area contributed by atoms with Gasteiger partial charge in [-0.2, -0.15) is 0 Å². The maximum atomic E-state index is 5.26. The number of hydrogen-bond donors (Lipinski definition) is 1. The summed E-state index contributed by atoms with van der Waals surface area (Å²) in [5, 5.41) is 3.39. The maximum Gasteiger partial charge on any atom is 0.0508 e. The van der Waals surface area contributed by atoms with Gasteiger partial charge in [-0.1, -0.05) is 13.0 Å². The Morgan fingerprint density at radius 2 is 2.26 bits per heavy atom. The summed E-state index contributed by atoms with van der Waals surface area (Å²) in [4.78, 5) is 2.48. The number of aryl methyl sites for hydroxylation is 1. The van der Waals surface area contributed by atoms with E-state index in [0.29, 0.717) is 5.92 Å². The van der Waals surface area contributed by atoms with E-state index >= 15 is 0 Å². The molecular formula is C16H26N2O. The molecule has 1 heterocycles. The molecule has 1 atom stereocenters. The number of anilines is 1. The molecule has 106 valence electrons. The summed E-state index contributed by atoms with van der Waals surface area (Å²) in [6.45, 7) is 9.50. The molecule has 0 aromatic heterocycles. The molecule has 1 fully saturated rings. The Morgan fingerprint density at radius 3 is 2.95 bits per heavy atom. The Kier molecular flexibility index (Phi) is 5.23. The van der Waals surface area contributed by atoms with Crippen LogP contribution in [0.5, 0.6) is 0 Å². The van der Waals surface area contributed by atoms with Crippen LogP contribution in [0.3, 0.4) is 0 Å². The molecule has 0 radical (unpaired) electrons. The average molecular weight is 262 g/mol. The highest BCUT2D eigenvalue weighted by atomic mass is 16.5. The molecule has 1 N–H and O–H groups in total. The van der Waals surface area contributed by atoms with Crippen molar-refractivity contribution in [3.05, 3.63) is 29.3 Å². The van der Waals surface area contributed by atoms with Crippen LogP contribution in [-0.2, 0) is 11.3 Å². The van der Waals surface area contributed by atoms with Crippen LogP contribution in [0, 0.1) is 12.8 Å². The first-order chi connectivity index (χ1) is 9.24. The van der Waals surface area contributed by atoms with Crippen LogP contribution in [0.25, 0.3) is 0 Å². The van der Waals surface area contributed by atoms with Crippen molar-refractivity contribution in [3.8, 4) is 0 Å². The molecule has 1 aromatic rings. The van der Waals surface area contributed by atoms with Crippen molar-refractivity contribution in [1.82, 2.24) is 5.32 Å². The molecule has 0 saturated carbocycles. The van der Waals surface area contributed by atoms with Gasteiger partial charge in [-0.3, -0.25) is 0 Å². The van der Waals surface area contributed by atoms with Crippen LogP contribution in [0.15, 0.2) is 18.2 Å². The fourth-order valence-corrected chi connectivity index (χ4v) is 2.77. The van der Waals surface area contributed by atoms with Gasteiger partial charge in [-0.05, 0) is 43.1 Å². The zero-order valence-corrected chi connectivity index (χ0v) is 12.4. The van der Waals surface area contributed by atoms with Crippen molar-refractivity contribution in [2.45, 2.75) is 26.8 Å². The van der Waals surface area contributed by atoms with Gasteiger partial charge in [0, 0.05) is 38.3 Å². The van der Waals surface area contributed by atoms with Crippen LogP contribution in [-0.4, -0.2) is 33.4 Å². The number of ether oxygens (including phenoxy) is 1. The summed E-state index contributed by atoms with van der Waals surface area (Å²) in [5.74, 6) is 0.687. The fraction of sp³-hybridized carbons (Fsp3) is 0.625. The topological polar surface area (TPSA) is 24.5 Å². The molecule has 1 aliphatic heterocycles. The number of hydrogen-bond acceptors (Lipinski definition) is 3. The number of nitrogens with one attached hydrogen (secondary N) is 1. The first kappa shape index (κ1) is 14.4. The third-order valence-electron chi connectivity index (χ3n) is 3.94. The van der Waals surface area contributed by atoms with Crippen LogP contribution in [0.1, 0.15) is 24.5 Å². The van der Waals surface area contributed by atoms with Gasteiger partial charge in [0.2, 0.25) is 0 Å². The van der Waals surface area contributed by atoms with Crippen molar-refractivity contribution in [3.63, 3.8) is 0 Å². The minimum atomic E-state index is 0.687. The zero-order valence-electron chi connectivity index (χ0n) is 12.4. The molecule has 0 spiro atoms. The van der Waals surface area contributed by atoms with E-state index in [-0.39, 0.29) is 0 Å². The highest BCUT2D eigenvalue weighted by Crippen LogP contribution is 2.26. The quantitative estimate of drug-likeness (QED) is 0.853. The smallest absolute Gasteiger partial charge is 0.0508 e. The van der Waals surface area contributed by atoms with Gasteiger partial charge in [0.25, 0.3) is 0 Å². The Labute approximate surface area is 116 Å². The standard InChI is InChI=1S/C16H26N2O/c1-4-17-10-15-5-6-16(9-13(15)2)18-8-7-14(11-18)12-19-3/h5-6,9,14,17H,4,7-8,10-12H2,1-3H3. The first-order valence-corrected chi connectivity index (χ1v) is 7.28. The second-order valence-electron chi connectivity index (χ2n) is 5.45. The van der Waals surface area contributed by atoms with Gasteiger partial charge in [-0.25, -0.2) is 0 Å². The normalized spacial score (nSPS) is 19.1. The van der Waals surface area contributed by atoms with Gasteiger partial charge in [0.05, 0.1) is 6.61 Å². The van der Waals surface area contributed by atoms with E-state index in [2.05, 4.69) is 42.3 Å². The second kappa shape index (κ2) is 6.92. The Bertz CT molecular complexity index is 406. The summed E-state index contributed by atoms with van der Waals surface area (Å²) < 4.78 is 5.26. The third kappa shape index (κ3) is 3.71. The molecule has 1 aliphatic rings. The Hall–Kier alpha value is -1.06. The van der Waals surface area contributed by atoms with Gasteiger partial charge in [0.15, 0.2) is 0 Å². The van der Waals surface area contributed by atoms with E-state index in [0.717, 1.165) is 32.8 Å². The molecule has 0 aliphatic carbocycles. The van der Waals surface area contributed by atoms with Gasteiger partial charge in [-0.15, -0.1) is 0 Å². The van der Waals surface area contributed by atoms with Crippen LogP contribution < -0.4 is 10.2 Å². The van der Waals surface area contributed by atoms with E-state index < -0.39 is 0 Å². The minimum Gasteiger partial charge on any atom is -0.384 e. The lowest BCUT2D eigenvalue weighted by Crippen LogP contribution is -2.21. The molecule has 1 aromatic carbocycles. The highest BCUT2D eigenvalue weighted by Gasteiger charge is 2.22. The van der Waals surface area contributed by atoms with Crippen LogP contribution >= 0.6 is 0 Å². The van der Waals surface area contributed by atoms with E-state index in [1.807, 2.05) is 0 Å². The monoisotopic (exact) mass is 262 g/mol. The Morgan fingerprint density at radius 1 is 1.42 bits per heavy atom. The number of methoxy groups -OCH3 is 1. The molecule has 2 rings (SSSR count). The number of benzene rings is 1. The van der Waals surface area contributed by atoms with Crippen molar-refractivity contribution < 1.29 is 4.74 Å². The molecule has 3 heteroatoms. The summed E-state index contributed by atoms with van der Waals surface area (Å²) >= 11 is 0. The fourth-order valence-electron chi connectivity index (χ4n) is 2.77. The summed E-state index contributed by atoms with van der Waals surface area (Å²) in [6.07, 6.45) is 1.24. The van der Waals surface area contributed by atoms with E-state index in [4.69, 9.17) is 4.74 Å². The molecule has 1 saturated heterocycles. The van der Waals surface area contributed by atoms with Crippen molar-refractivity contribution in [2.24, 2.45) is 5.92 Å². The molecule has 19 heavy (non-hydrogen) atoms. The number of nitrogens with zero attached hydrogens (tertiary/aromatic N) is 1. The lowest BCUT2D eigenvalue weighted by atomic mass is 10.1. The molecule has 0 bridgehead atoms. The number of rotatable bonds is 6. The lowest BCUT2D eigenvalue weighted by Gasteiger charge is -2.20. The van der Waals surface area contributed by atoms with Crippen molar-refractivity contribution in [1.29, 1.82) is 0 Å². The highest BCUT2D eigenvalue weighted by molar-refractivity contribution is 5.51. The van der Waals surface area contributed by atoms with Crippen LogP contribution in [0.2, 0.25) is 0 Å². The summed E-state index contributed by atoms with van der Waals surface area (Å²) in [5.41, 5.74) is 4.14. The van der Waals surface area contributed by atoms with Gasteiger partial charge >= 0.3 is 0 Å². The van der Waals surface area contributed by atoms with E-state index in [1.165, 1.54) is 23.2 Å². The Balaban J connectivity index is 2.00. The SMILES string of the molecule is CCNCc1ccc(N2CCC(COC)C2)cc1C. The maximum absolute atomic E-state index is 5.26. The van der Waals surface area contributed by atoms with Gasteiger partial charge < -0.3 is 15.0 Å². The lowest BCUT2D eigenvalue weighted by molar-refractivity contribution is 0.161. The average Bonchev–Trinajstić information content (AvgIpc) is 2.86. The summed E-state index contributed by atoms with van der Waals surface area (Å²) in [6, 6.07) is 6.84. The van der Waals surface area contributed by atoms with Crippen molar-refractivity contribution in [2.75, 3.05) is 38.3 Å². The predicted octanol–water partition coefficient (Wildman–Crippen LogP) is 2.58. The summed E-state index contributed by atoms with van der Waals surface area (Å²) in [7, 11) is 1.79. The van der Waals surface area contributed by atoms with E-state index in [1.54, 1.807) is 7.11 Å². The molecule has 3 nitrogen and oxygen atoms in total. The third-order valence-corrected chi connectivity index (χ3v) is 3.94. The van der Waals surface area contributed by atoms with Crippen LogP contribution in [0.4, 0.5) is 5.69 Å².